The number of ether oxygens (including phenoxy) is 1. The van der Waals surface area contributed by atoms with Gasteiger partial charge in [0.05, 0.1) is 23.8 Å². The number of hydrogen-bond donors (Lipinski definition) is 1. The third kappa shape index (κ3) is 4.06. The van der Waals surface area contributed by atoms with Crippen molar-refractivity contribution in [1.82, 2.24) is 25.5 Å². The molecule has 10 nitrogen and oxygen atoms in total. The Kier molecular flexibility index (Phi) is 5.36. The van der Waals surface area contributed by atoms with Crippen molar-refractivity contribution in [2.24, 2.45) is 0 Å². The number of benzene rings is 2. The SMILES string of the molecule is CCOc1ccc(-n2nnnc2CNC(=O)c2ccccc2[N+](=O)[O-])cc1. The zero-order valence-corrected chi connectivity index (χ0v) is 14.4. The molecule has 0 saturated heterocycles. The first-order valence-electron chi connectivity index (χ1n) is 8.12. The highest BCUT2D eigenvalue weighted by atomic mass is 16.6. The fourth-order valence-electron chi connectivity index (χ4n) is 2.45. The fraction of sp³-hybridized carbons (Fsp3) is 0.176. The van der Waals surface area contributed by atoms with Gasteiger partial charge in [0.25, 0.3) is 11.6 Å². The molecule has 3 aromatic rings. The Morgan fingerprint density at radius 2 is 1.96 bits per heavy atom. The van der Waals surface area contributed by atoms with Gasteiger partial charge in [-0.15, -0.1) is 5.10 Å². The molecule has 0 unspecified atom stereocenters. The smallest absolute Gasteiger partial charge is 0.282 e. The number of nitrogens with one attached hydrogen (secondary N) is 1. The highest BCUT2D eigenvalue weighted by molar-refractivity contribution is 5.98. The van der Waals surface area contributed by atoms with Crippen LogP contribution in [-0.2, 0) is 6.54 Å². The fourth-order valence-corrected chi connectivity index (χ4v) is 2.45. The lowest BCUT2D eigenvalue weighted by Crippen LogP contribution is -2.25. The summed E-state index contributed by atoms with van der Waals surface area (Å²) in [4.78, 5) is 22.8. The van der Waals surface area contributed by atoms with E-state index in [0.29, 0.717) is 18.1 Å². The van der Waals surface area contributed by atoms with Crippen molar-refractivity contribution in [1.29, 1.82) is 0 Å². The molecule has 0 fully saturated rings. The van der Waals surface area contributed by atoms with Gasteiger partial charge in [-0.2, -0.15) is 4.68 Å². The number of aromatic nitrogens is 4. The summed E-state index contributed by atoms with van der Waals surface area (Å²) in [5.41, 5.74) is 0.405. The number of nitro groups is 1. The first-order chi connectivity index (χ1) is 13.1. The van der Waals surface area contributed by atoms with Crippen molar-refractivity contribution in [2.75, 3.05) is 6.61 Å². The number of nitrogens with zero attached hydrogens (tertiary/aromatic N) is 5. The van der Waals surface area contributed by atoms with Crippen LogP contribution < -0.4 is 10.1 Å². The van der Waals surface area contributed by atoms with E-state index < -0.39 is 10.8 Å². The molecule has 3 rings (SSSR count). The summed E-state index contributed by atoms with van der Waals surface area (Å²) < 4.78 is 6.86. The third-order valence-corrected chi connectivity index (χ3v) is 3.68. The normalized spacial score (nSPS) is 10.4. The van der Waals surface area contributed by atoms with Gasteiger partial charge in [0.15, 0.2) is 5.82 Å². The number of hydrogen-bond acceptors (Lipinski definition) is 7. The predicted octanol–water partition coefficient (Wildman–Crippen LogP) is 1.90. The summed E-state index contributed by atoms with van der Waals surface area (Å²) in [5.74, 6) is 0.523. The molecule has 27 heavy (non-hydrogen) atoms. The van der Waals surface area contributed by atoms with E-state index in [1.807, 2.05) is 6.92 Å². The summed E-state index contributed by atoms with van der Waals surface area (Å²) in [6, 6.07) is 12.9. The van der Waals surface area contributed by atoms with E-state index in [2.05, 4.69) is 20.8 Å². The number of carbonyl (C=O) groups is 1. The molecular weight excluding hydrogens is 352 g/mol. The van der Waals surface area contributed by atoms with Gasteiger partial charge in [-0.1, -0.05) is 12.1 Å². The molecule has 0 radical (unpaired) electrons. The maximum Gasteiger partial charge on any atom is 0.282 e. The van der Waals surface area contributed by atoms with Crippen molar-refractivity contribution in [3.63, 3.8) is 0 Å². The molecule has 0 atom stereocenters. The van der Waals surface area contributed by atoms with Crippen LogP contribution in [0.1, 0.15) is 23.1 Å². The van der Waals surface area contributed by atoms with Crippen LogP contribution in [0.4, 0.5) is 5.69 Å². The monoisotopic (exact) mass is 368 g/mol. The molecule has 0 aliphatic carbocycles. The largest absolute Gasteiger partial charge is 0.494 e. The molecule has 0 spiro atoms. The minimum Gasteiger partial charge on any atom is -0.494 e. The predicted molar refractivity (Wildman–Crippen MR) is 94.6 cm³/mol. The van der Waals surface area contributed by atoms with Gasteiger partial charge in [0.2, 0.25) is 0 Å². The Bertz CT molecular complexity index is 954. The Balaban J connectivity index is 1.74. The number of nitro benzene ring substituents is 1. The van der Waals surface area contributed by atoms with Crippen LogP contribution >= 0.6 is 0 Å². The van der Waals surface area contributed by atoms with E-state index in [-0.39, 0.29) is 17.8 Å². The summed E-state index contributed by atoms with van der Waals surface area (Å²) in [6.45, 7) is 2.46. The molecule has 1 aromatic heterocycles. The molecule has 2 aromatic carbocycles. The average molecular weight is 368 g/mol. The summed E-state index contributed by atoms with van der Waals surface area (Å²) in [7, 11) is 0. The van der Waals surface area contributed by atoms with Gasteiger partial charge in [-0.05, 0) is 47.7 Å². The molecule has 0 aliphatic rings. The molecule has 10 heteroatoms. The molecule has 1 heterocycles. The van der Waals surface area contributed by atoms with Crippen molar-refractivity contribution in [3.05, 3.63) is 70.0 Å². The van der Waals surface area contributed by atoms with Gasteiger partial charge in [0.1, 0.15) is 11.3 Å². The second kappa shape index (κ2) is 8.04. The number of para-hydroxylation sites is 1. The van der Waals surface area contributed by atoms with Crippen LogP contribution in [0.25, 0.3) is 5.69 Å². The van der Waals surface area contributed by atoms with E-state index in [1.165, 1.54) is 22.9 Å². The van der Waals surface area contributed by atoms with Gasteiger partial charge >= 0.3 is 0 Å². The summed E-state index contributed by atoms with van der Waals surface area (Å²) >= 11 is 0. The number of tetrazole rings is 1. The Morgan fingerprint density at radius 3 is 2.67 bits per heavy atom. The van der Waals surface area contributed by atoms with Gasteiger partial charge in [0, 0.05) is 6.07 Å². The zero-order chi connectivity index (χ0) is 19.2. The summed E-state index contributed by atoms with van der Waals surface area (Å²) in [5, 5.41) is 25.1. The quantitative estimate of drug-likeness (QED) is 0.498. The van der Waals surface area contributed by atoms with Crippen molar-refractivity contribution >= 4 is 11.6 Å². The molecule has 0 aliphatic heterocycles. The minimum atomic E-state index is -0.598. The lowest BCUT2D eigenvalue weighted by atomic mass is 10.1. The van der Waals surface area contributed by atoms with Crippen LogP contribution in [0.2, 0.25) is 0 Å². The summed E-state index contributed by atoms with van der Waals surface area (Å²) in [6.07, 6.45) is 0. The number of carbonyl (C=O) groups excluding carboxylic acids is 1. The van der Waals surface area contributed by atoms with E-state index in [9.17, 15) is 14.9 Å². The van der Waals surface area contributed by atoms with E-state index >= 15 is 0 Å². The highest BCUT2D eigenvalue weighted by Crippen LogP contribution is 2.18. The molecule has 1 N–H and O–H groups in total. The molecule has 1 amide bonds. The average Bonchev–Trinajstić information content (AvgIpc) is 3.15. The molecular formula is C17H16N6O4. The van der Waals surface area contributed by atoms with Gasteiger partial charge in [-0.3, -0.25) is 14.9 Å². The van der Waals surface area contributed by atoms with E-state index in [4.69, 9.17) is 4.74 Å². The third-order valence-electron chi connectivity index (χ3n) is 3.68. The standard InChI is InChI=1S/C17H16N6O4/c1-2-27-13-9-7-12(8-10-13)22-16(19-20-21-22)11-18-17(24)14-5-3-4-6-15(14)23(25)26/h3-10H,2,11H2,1H3,(H,18,24). The lowest BCUT2D eigenvalue weighted by Gasteiger charge is -2.08. The number of rotatable bonds is 7. The van der Waals surface area contributed by atoms with Crippen LogP contribution in [-0.4, -0.2) is 37.6 Å². The van der Waals surface area contributed by atoms with Crippen molar-refractivity contribution < 1.29 is 14.5 Å². The molecule has 0 saturated carbocycles. The van der Waals surface area contributed by atoms with E-state index in [0.717, 1.165) is 5.75 Å². The van der Waals surface area contributed by atoms with Gasteiger partial charge < -0.3 is 10.1 Å². The molecule has 0 bridgehead atoms. The Morgan fingerprint density at radius 1 is 1.22 bits per heavy atom. The van der Waals surface area contributed by atoms with Crippen LogP contribution in [0, 0.1) is 10.1 Å². The minimum absolute atomic E-state index is 0.00505. The maximum atomic E-state index is 12.3. The highest BCUT2D eigenvalue weighted by Gasteiger charge is 2.19. The van der Waals surface area contributed by atoms with Crippen LogP contribution in [0.15, 0.2) is 48.5 Å². The van der Waals surface area contributed by atoms with Crippen LogP contribution in [0.5, 0.6) is 5.75 Å². The van der Waals surface area contributed by atoms with Crippen LogP contribution in [0.3, 0.4) is 0 Å². The maximum absolute atomic E-state index is 12.3. The topological polar surface area (TPSA) is 125 Å². The molecule has 138 valence electrons. The van der Waals surface area contributed by atoms with Crippen molar-refractivity contribution in [3.8, 4) is 11.4 Å². The lowest BCUT2D eigenvalue weighted by molar-refractivity contribution is -0.385. The Labute approximate surface area is 153 Å². The number of amides is 1. The zero-order valence-electron chi connectivity index (χ0n) is 14.4. The first kappa shape index (κ1) is 18.0. The van der Waals surface area contributed by atoms with Crippen molar-refractivity contribution in [2.45, 2.75) is 13.5 Å². The first-order valence-corrected chi connectivity index (χ1v) is 8.12. The second-order valence-corrected chi connectivity index (χ2v) is 5.39. The second-order valence-electron chi connectivity index (χ2n) is 5.39. The van der Waals surface area contributed by atoms with Gasteiger partial charge in [-0.25, -0.2) is 0 Å². The Hall–Kier alpha value is -3.82. The van der Waals surface area contributed by atoms with E-state index in [1.54, 1.807) is 30.3 Å².